The van der Waals surface area contributed by atoms with Gasteiger partial charge in [-0.2, -0.15) is 0 Å². The van der Waals surface area contributed by atoms with Gasteiger partial charge in [0.2, 0.25) is 0 Å². The molecular weight excluding hydrogens is 304 g/mol. The molecule has 1 fully saturated rings. The molecule has 0 spiro atoms. The average Bonchev–Trinajstić information content (AvgIpc) is 2.97. The molecule has 0 aromatic carbocycles. The Kier molecular flexibility index (Phi) is 4.17. The van der Waals surface area contributed by atoms with Crippen LogP contribution in [0.4, 0.5) is 5.82 Å². The number of carbonyl (C=O) groups excluding carboxylic acids is 1. The van der Waals surface area contributed by atoms with Crippen LogP contribution in [0, 0.1) is 13.8 Å². The second-order valence-electron chi connectivity index (χ2n) is 6.32. The maximum Gasteiger partial charge on any atom is 0.258 e. The van der Waals surface area contributed by atoms with Gasteiger partial charge in [0, 0.05) is 31.5 Å². The highest BCUT2D eigenvalue weighted by atomic mass is 16.2. The number of amides is 1. The third-order valence-electron chi connectivity index (χ3n) is 4.62. The number of nitrogens with zero attached hydrogens (tertiary/aromatic N) is 5. The van der Waals surface area contributed by atoms with Gasteiger partial charge in [-0.15, -0.1) is 0 Å². The molecule has 7 heteroatoms. The van der Waals surface area contributed by atoms with Crippen molar-refractivity contribution in [2.45, 2.75) is 39.2 Å². The van der Waals surface area contributed by atoms with Gasteiger partial charge in [0.15, 0.2) is 5.82 Å². The minimum absolute atomic E-state index is 0.0655. The summed E-state index contributed by atoms with van der Waals surface area (Å²) < 4.78 is 0. The minimum Gasteiger partial charge on any atom is -0.373 e. The van der Waals surface area contributed by atoms with E-state index in [1.165, 1.54) is 6.33 Å². The van der Waals surface area contributed by atoms with E-state index in [9.17, 15) is 4.79 Å². The van der Waals surface area contributed by atoms with Crippen molar-refractivity contribution in [3.05, 3.63) is 41.4 Å². The van der Waals surface area contributed by atoms with Crippen LogP contribution in [0.3, 0.4) is 0 Å². The molecule has 2 aromatic rings. The summed E-state index contributed by atoms with van der Waals surface area (Å²) in [6, 6.07) is 1.89. The maximum absolute atomic E-state index is 13.1. The Morgan fingerprint density at radius 3 is 2.83 bits per heavy atom. The normalized spacial score (nSPS) is 20.2. The fourth-order valence-electron chi connectivity index (χ4n) is 3.20. The Morgan fingerprint density at radius 1 is 1.33 bits per heavy atom. The molecule has 1 unspecified atom stereocenters. The third-order valence-corrected chi connectivity index (χ3v) is 4.62. The van der Waals surface area contributed by atoms with Gasteiger partial charge in [0.25, 0.3) is 5.91 Å². The summed E-state index contributed by atoms with van der Waals surface area (Å²) in [4.78, 5) is 32.3. The summed E-state index contributed by atoms with van der Waals surface area (Å²) in [7, 11) is 1.83. The highest BCUT2D eigenvalue weighted by Gasteiger charge is 2.44. The van der Waals surface area contributed by atoms with E-state index >= 15 is 0 Å². The summed E-state index contributed by atoms with van der Waals surface area (Å²) in [5, 5.41) is 3.06. The van der Waals surface area contributed by atoms with Gasteiger partial charge in [-0.05, 0) is 33.6 Å². The fraction of sp³-hybridized carbons (Fsp3) is 0.471. The topological polar surface area (TPSA) is 83.9 Å². The Bertz CT molecular complexity index is 777. The Morgan fingerprint density at radius 2 is 2.12 bits per heavy atom. The molecule has 1 amide bonds. The average molecular weight is 326 g/mol. The van der Waals surface area contributed by atoms with Crippen molar-refractivity contribution in [1.29, 1.82) is 0 Å². The number of hydrogen-bond donors (Lipinski definition) is 1. The molecule has 0 bridgehead atoms. The highest BCUT2D eigenvalue weighted by Crippen LogP contribution is 2.38. The first-order chi connectivity index (χ1) is 11.5. The van der Waals surface area contributed by atoms with Crippen LogP contribution in [-0.4, -0.2) is 44.3 Å². The number of rotatable bonds is 3. The summed E-state index contributed by atoms with van der Waals surface area (Å²) in [5.74, 6) is 1.37. The van der Waals surface area contributed by atoms with E-state index in [0.29, 0.717) is 23.6 Å². The molecule has 0 aliphatic carbocycles. The lowest BCUT2D eigenvalue weighted by atomic mass is 9.96. The quantitative estimate of drug-likeness (QED) is 0.929. The fourth-order valence-corrected chi connectivity index (χ4v) is 3.20. The molecule has 1 aliphatic heterocycles. The van der Waals surface area contributed by atoms with E-state index in [0.717, 1.165) is 24.4 Å². The van der Waals surface area contributed by atoms with Crippen molar-refractivity contribution in [3.63, 3.8) is 0 Å². The minimum atomic E-state index is -0.531. The molecular formula is C17H22N6O. The number of likely N-dealkylation sites (tertiary alicyclic amines) is 1. The van der Waals surface area contributed by atoms with Gasteiger partial charge in [0.1, 0.15) is 17.7 Å². The summed E-state index contributed by atoms with van der Waals surface area (Å²) in [6.07, 6.45) is 4.79. The van der Waals surface area contributed by atoms with Crippen molar-refractivity contribution in [3.8, 4) is 0 Å². The van der Waals surface area contributed by atoms with Gasteiger partial charge in [-0.3, -0.25) is 4.79 Å². The predicted octanol–water partition coefficient (Wildman–Crippen LogP) is 2.08. The number of nitrogens with one attached hydrogen (secondary N) is 1. The molecule has 1 atom stereocenters. The maximum atomic E-state index is 13.1. The lowest BCUT2D eigenvalue weighted by Crippen LogP contribution is -2.44. The van der Waals surface area contributed by atoms with Crippen LogP contribution in [0.1, 0.15) is 47.3 Å². The monoisotopic (exact) mass is 326 g/mol. The summed E-state index contributed by atoms with van der Waals surface area (Å²) in [5.41, 5.74) is 1.57. The molecule has 24 heavy (non-hydrogen) atoms. The van der Waals surface area contributed by atoms with E-state index in [-0.39, 0.29) is 5.91 Å². The van der Waals surface area contributed by atoms with Crippen LogP contribution in [-0.2, 0) is 5.54 Å². The highest BCUT2D eigenvalue weighted by molar-refractivity contribution is 5.95. The van der Waals surface area contributed by atoms with Gasteiger partial charge >= 0.3 is 0 Å². The van der Waals surface area contributed by atoms with Gasteiger partial charge in [-0.1, -0.05) is 0 Å². The first kappa shape index (κ1) is 16.3. The van der Waals surface area contributed by atoms with Crippen LogP contribution >= 0.6 is 0 Å². The van der Waals surface area contributed by atoms with Gasteiger partial charge in [0.05, 0.1) is 11.3 Å². The van der Waals surface area contributed by atoms with Crippen LogP contribution in [0.15, 0.2) is 18.6 Å². The van der Waals surface area contributed by atoms with Crippen molar-refractivity contribution < 1.29 is 4.79 Å². The van der Waals surface area contributed by atoms with E-state index in [4.69, 9.17) is 0 Å². The lowest BCUT2D eigenvalue weighted by molar-refractivity contribution is 0.0602. The number of anilines is 1. The van der Waals surface area contributed by atoms with E-state index in [2.05, 4.69) is 25.3 Å². The van der Waals surface area contributed by atoms with Crippen molar-refractivity contribution in [1.82, 2.24) is 24.8 Å². The molecule has 1 N–H and O–H groups in total. The second kappa shape index (κ2) is 6.14. The standard InChI is InChI=1S/C17H22N6O/c1-11-8-14(18-4)22-16(21-11)17(3)6-5-7-23(17)15(24)13-9-19-10-20-12(13)2/h8-10H,5-7H2,1-4H3,(H,18,21,22). The molecule has 0 saturated carbocycles. The van der Waals surface area contributed by atoms with Crippen LogP contribution < -0.4 is 5.32 Å². The summed E-state index contributed by atoms with van der Waals surface area (Å²) >= 11 is 0. The van der Waals surface area contributed by atoms with Gasteiger partial charge in [-0.25, -0.2) is 19.9 Å². The Labute approximate surface area is 141 Å². The first-order valence-electron chi connectivity index (χ1n) is 8.08. The Hall–Kier alpha value is -2.57. The van der Waals surface area contributed by atoms with Crippen molar-refractivity contribution in [2.75, 3.05) is 18.9 Å². The van der Waals surface area contributed by atoms with Crippen LogP contribution in [0.2, 0.25) is 0 Å². The molecule has 3 rings (SSSR count). The molecule has 126 valence electrons. The Balaban J connectivity index is 2.02. The third kappa shape index (κ3) is 2.70. The number of hydrogen-bond acceptors (Lipinski definition) is 6. The molecule has 7 nitrogen and oxygen atoms in total. The lowest BCUT2D eigenvalue weighted by Gasteiger charge is -2.34. The largest absolute Gasteiger partial charge is 0.373 e. The second-order valence-corrected chi connectivity index (χ2v) is 6.32. The zero-order valence-corrected chi connectivity index (χ0v) is 14.5. The SMILES string of the molecule is CNc1cc(C)nc(C2(C)CCCN2C(=O)c2cncnc2C)n1. The summed E-state index contributed by atoms with van der Waals surface area (Å²) in [6.45, 7) is 6.47. The van der Waals surface area contributed by atoms with E-state index in [1.54, 1.807) is 6.20 Å². The van der Waals surface area contributed by atoms with Crippen molar-refractivity contribution >= 4 is 11.7 Å². The number of aromatic nitrogens is 4. The molecule has 3 heterocycles. The van der Waals surface area contributed by atoms with E-state index < -0.39 is 5.54 Å². The molecule has 2 aromatic heterocycles. The zero-order chi connectivity index (χ0) is 17.3. The zero-order valence-electron chi connectivity index (χ0n) is 14.5. The van der Waals surface area contributed by atoms with Crippen LogP contribution in [0.5, 0.6) is 0 Å². The molecule has 1 saturated heterocycles. The molecule has 0 radical (unpaired) electrons. The predicted molar refractivity (Wildman–Crippen MR) is 90.7 cm³/mol. The van der Waals surface area contributed by atoms with Gasteiger partial charge < -0.3 is 10.2 Å². The van der Waals surface area contributed by atoms with E-state index in [1.807, 2.05) is 38.8 Å². The number of carbonyl (C=O) groups is 1. The first-order valence-corrected chi connectivity index (χ1v) is 8.08. The number of aryl methyl sites for hydroxylation is 2. The van der Waals surface area contributed by atoms with Crippen molar-refractivity contribution in [2.24, 2.45) is 0 Å². The van der Waals surface area contributed by atoms with Crippen LogP contribution in [0.25, 0.3) is 0 Å². The smallest absolute Gasteiger partial charge is 0.258 e. The molecule has 1 aliphatic rings.